The lowest BCUT2D eigenvalue weighted by molar-refractivity contribution is -0.115. The van der Waals surface area contributed by atoms with Gasteiger partial charge in [0.1, 0.15) is 5.37 Å². The first-order valence-electron chi connectivity index (χ1n) is 5.95. The van der Waals surface area contributed by atoms with Crippen molar-refractivity contribution in [3.63, 3.8) is 0 Å². The number of carbonyl (C=O) groups excluding carboxylic acids is 1. The molecule has 0 saturated carbocycles. The van der Waals surface area contributed by atoms with Gasteiger partial charge in [-0.25, -0.2) is 0 Å². The number of hydrogen-bond acceptors (Lipinski definition) is 3. The minimum atomic E-state index is -0.0755. The van der Waals surface area contributed by atoms with Crippen molar-refractivity contribution in [3.8, 4) is 0 Å². The summed E-state index contributed by atoms with van der Waals surface area (Å²) in [5.74, 6) is 0.502. The Kier molecular flexibility index (Phi) is 3.87. The van der Waals surface area contributed by atoms with Crippen molar-refractivity contribution in [1.29, 1.82) is 0 Å². The molecule has 6 heteroatoms. The number of anilines is 1. The van der Waals surface area contributed by atoms with E-state index in [1.54, 1.807) is 47.3 Å². The fourth-order valence-corrected chi connectivity index (χ4v) is 3.56. The van der Waals surface area contributed by atoms with Gasteiger partial charge in [0.15, 0.2) is 0 Å². The molecule has 1 saturated heterocycles. The van der Waals surface area contributed by atoms with Gasteiger partial charge in [-0.2, -0.15) is 0 Å². The highest BCUT2D eigenvalue weighted by molar-refractivity contribution is 8.00. The Hall–Kier alpha value is -1.23. The maximum absolute atomic E-state index is 12.2. The van der Waals surface area contributed by atoms with E-state index in [0.717, 1.165) is 11.3 Å². The normalized spacial score (nSPS) is 18.6. The average Bonchev–Trinajstić information content (AvgIpc) is 2.85. The molecule has 1 aromatic heterocycles. The summed E-state index contributed by atoms with van der Waals surface area (Å²) in [5, 5.41) is 0.847. The van der Waals surface area contributed by atoms with Crippen LogP contribution < -0.4 is 4.90 Å². The smallest absolute Gasteiger partial charge is 0.238 e. The Morgan fingerprint density at radius 1 is 1.25 bits per heavy atom. The summed E-state index contributed by atoms with van der Waals surface area (Å²) in [5.41, 5.74) is 1.75. The van der Waals surface area contributed by atoms with Crippen LogP contribution in [0.25, 0.3) is 0 Å². The molecule has 1 aliphatic heterocycles. The second kappa shape index (κ2) is 5.64. The summed E-state index contributed by atoms with van der Waals surface area (Å²) >= 11 is 13.5. The molecule has 0 unspecified atom stereocenters. The molecule has 3 rings (SSSR count). The van der Waals surface area contributed by atoms with E-state index >= 15 is 0 Å². The van der Waals surface area contributed by atoms with Gasteiger partial charge in [-0.1, -0.05) is 29.3 Å². The van der Waals surface area contributed by atoms with E-state index < -0.39 is 0 Å². The van der Waals surface area contributed by atoms with Crippen molar-refractivity contribution in [2.24, 2.45) is 0 Å². The summed E-state index contributed by atoms with van der Waals surface area (Å²) in [4.78, 5) is 18.0. The van der Waals surface area contributed by atoms with Gasteiger partial charge in [0.05, 0.1) is 15.8 Å². The highest BCUT2D eigenvalue weighted by Gasteiger charge is 2.34. The molecule has 0 N–H and O–H groups in total. The summed E-state index contributed by atoms with van der Waals surface area (Å²) in [6.45, 7) is 0. The predicted octanol–water partition coefficient (Wildman–Crippen LogP) is 4.17. The molecule has 0 spiro atoms. The van der Waals surface area contributed by atoms with E-state index in [1.165, 1.54) is 0 Å². The Bertz CT molecular complexity index is 651. The Morgan fingerprint density at radius 2 is 2.10 bits per heavy atom. The Morgan fingerprint density at radius 3 is 2.80 bits per heavy atom. The minimum absolute atomic E-state index is 0.0576. The third-order valence-corrected chi connectivity index (χ3v) is 4.97. The molecule has 0 radical (unpaired) electrons. The third-order valence-electron chi connectivity index (χ3n) is 3.02. The number of aromatic nitrogens is 1. The molecule has 102 valence electrons. The summed E-state index contributed by atoms with van der Waals surface area (Å²) in [6.07, 6.45) is 3.50. The summed E-state index contributed by atoms with van der Waals surface area (Å²) in [6, 6.07) is 9.06. The highest BCUT2D eigenvalue weighted by atomic mass is 35.5. The zero-order valence-electron chi connectivity index (χ0n) is 10.3. The molecule has 0 aliphatic carbocycles. The van der Waals surface area contributed by atoms with Crippen molar-refractivity contribution >= 4 is 46.6 Å². The van der Waals surface area contributed by atoms with Crippen LogP contribution in [0.15, 0.2) is 42.7 Å². The van der Waals surface area contributed by atoms with Gasteiger partial charge < -0.3 is 0 Å². The topological polar surface area (TPSA) is 33.2 Å². The van der Waals surface area contributed by atoms with Crippen LogP contribution in [-0.4, -0.2) is 16.6 Å². The van der Waals surface area contributed by atoms with E-state index in [2.05, 4.69) is 4.98 Å². The molecule has 2 aromatic rings. The SMILES string of the molecule is O=C1CS[C@@H](c2cccnc2)N1c1ccc(Cl)c(Cl)c1. The van der Waals surface area contributed by atoms with Crippen molar-refractivity contribution in [1.82, 2.24) is 4.98 Å². The van der Waals surface area contributed by atoms with E-state index in [1.807, 2.05) is 12.1 Å². The van der Waals surface area contributed by atoms with Crippen molar-refractivity contribution < 1.29 is 4.79 Å². The molecule has 0 bridgehead atoms. The van der Waals surface area contributed by atoms with Crippen LogP contribution in [0, 0.1) is 0 Å². The number of halogens is 2. The Labute approximate surface area is 130 Å². The molecule has 1 aliphatic rings. The van der Waals surface area contributed by atoms with Gasteiger partial charge in [-0.15, -0.1) is 11.8 Å². The monoisotopic (exact) mass is 324 g/mol. The number of pyridine rings is 1. The molecule has 1 amide bonds. The first kappa shape index (κ1) is 13.7. The standard InChI is InChI=1S/C14H10Cl2N2OS/c15-11-4-3-10(6-12(11)16)18-13(19)8-20-14(18)9-2-1-5-17-7-9/h1-7,14H,8H2/t14-/m0/s1. The van der Waals surface area contributed by atoms with Crippen LogP contribution in [0.3, 0.4) is 0 Å². The zero-order chi connectivity index (χ0) is 14.1. The zero-order valence-corrected chi connectivity index (χ0v) is 12.6. The maximum Gasteiger partial charge on any atom is 0.238 e. The van der Waals surface area contributed by atoms with Gasteiger partial charge in [0, 0.05) is 23.6 Å². The second-order valence-electron chi connectivity index (χ2n) is 4.31. The number of hydrogen-bond donors (Lipinski definition) is 0. The van der Waals surface area contributed by atoms with Crippen LogP contribution in [-0.2, 0) is 4.79 Å². The van der Waals surface area contributed by atoms with Crippen molar-refractivity contribution in [3.05, 3.63) is 58.3 Å². The molecular formula is C14H10Cl2N2OS. The number of thioether (sulfide) groups is 1. The lowest BCUT2D eigenvalue weighted by Crippen LogP contribution is -2.27. The van der Waals surface area contributed by atoms with Crippen LogP contribution >= 0.6 is 35.0 Å². The molecule has 3 nitrogen and oxygen atoms in total. The van der Waals surface area contributed by atoms with Gasteiger partial charge >= 0.3 is 0 Å². The molecule has 1 atom stereocenters. The number of nitrogens with zero attached hydrogens (tertiary/aromatic N) is 2. The van der Waals surface area contributed by atoms with E-state index in [0.29, 0.717) is 15.8 Å². The van der Waals surface area contributed by atoms with Crippen LogP contribution in [0.4, 0.5) is 5.69 Å². The number of benzene rings is 1. The van der Waals surface area contributed by atoms with Gasteiger partial charge in [0.25, 0.3) is 0 Å². The maximum atomic E-state index is 12.2. The average molecular weight is 325 g/mol. The second-order valence-corrected chi connectivity index (χ2v) is 6.19. The minimum Gasteiger partial charge on any atom is -0.295 e. The summed E-state index contributed by atoms with van der Waals surface area (Å²) < 4.78 is 0. The number of rotatable bonds is 2. The molecule has 20 heavy (non-hydrogen) atoms. The first-order valence-corrected chi connectivity index (χ1v) is 7.76. The number of amides is 1. The van der Waals surface area contributed by atoms with Crippen LogP contribution in [0.2, 0.25) is 10.0 Å². The quantitative estimate of drug-likeness (QED) is 0.831. The van der Waals surface area contributed by atoms with Crippen LogP contribution in [0.1, 0.15) is 10.9 Å². The lowest BCUT2D eigenvalue weighted by atomic mass is 10.2. The van der Waals surface area contributed by atoms with Crippen molar-refractivity contribution in [2.75, 3.05) is 10.7 Å². The lowest BCUT2D eigenvalue weighted by Gasteiger charge is -2.24. The van der Waals surface area contributed by atoms with E-state index in [-0.39, 0.29) is 11.3 Å². The molecule has 1 fully saturated rings. The fraction of sp³-hybridized carbons (Fsp3) is 0.143. The van der Waals surface area contributed by atoms with Crippen LogP contribution in [0.5, 0.6) is 0 Å². The molecule has 1 aromatic carbocycles. The Balaban J connectivity index is 2.00. The van der Waals surface area contributed by atoms with Gasteiger partial charge in [-0.05, 0) is 24.3 Å². The van der Waals surface area contributed by atoms with E-state index in [4.69, 9.17) is 23.2 Å². The first-order chi connectivity index (χ1) is 9.66. The third kappa shape index (κ3) is 2.51. The molecule has 2 heterocycles. The van der Waals surface area contributed by atoms with Crippen molar-refractivity contribution in [2.45, 2.75) is 5.37 Å². The highest BCUT2D eigenvalue weighted by Crippen LogP contribution is 2.42. The van der Waals surface area contributed by atoms with Gasteiger partial charge in [0.2, 0.25) is 5.91 Å². The fourth-order valence-electron chi connectivity index (χ4n) is 2.11. The summed E-state index contributed by atoms with van der Waals surface area (Å²) in [7, 11) is 0. The largest absolute Gasteiger partial charge is 0.295 e. The van der Waals surface area contributed by atoms with Gasteiger partial charge in [-0.3, -0.25) is 14.7 Å². The molecular weight excluding hydrogens is 315 g/mol. The van der Waals surface area contributed by atoms with E-state index in [9.17, 15) is 4.79 Å². The number of carbonyl (C=O) groups is 1. The predicted molar refractivity (Wildman–Crippen MR) is 83.4 cm³/mol.